The summed E-state index contributed by atoms with van der Waals surface area (Å²) in [5.41, 5.74) is 0. The van der Waals surface area contributed by atoms with Gasteiger partial charge in [0.2, 0.25) is 5.82 Å². The molecule has 108 valence electrons. The predicted octanol–water partition coefficient (Wildman–Crippen LogP) is 3.14. The Hall–Kier alpha value is -0.860. The Balaban J connectivity index is 2.64. The minimum absolute atomic E-state index is 0.0576. The van der Waals surface area contributed by atoms with E-state index in [-0.39, 0.29) is 19.0 Å². The number of methoxy groups -OCH3 is 1. The van der Waals surface area contributed by atoms with E-state index in [2.05, 4.69) is 0 Å². The van der Waals surface area contributed by atoms with E-state index in [4.69, 9.17) is 9.47 Å². The third-order valence-electron chi connectivity index (χ3n) is 2.08. The molecule has 8 heteroatoms. The molecule has 2 nitrogen and oxygen atoms in total. The van der Waals surface area contributed by atoms with E-state index in [1.807, 2.05) is 0 Å². The van der Waals surface area contributed by atoms with Gasteiger partial charge in [-0.3, -0.25) is 0 Å². The van der Waals surface area contributed by atoms with Crippen LogP contribution in [-0.4, -0.2) is 32.7 Å². The van der Waals surface area contributed by atoms with Crippen LogP contribution in [0, 0.1) is 29.1 Å². The number of hydrogen-bond donors (Lipinski definition) is 0. The van der Waals surface area contributed by atoms with Gasteiger partial charge in [0.15, 0.2) is 23.3 Å². The standard InChI is InChI=1S/C11H11F5O2S/c1-17-2-3-18-4-5-19-11-9(15)7(13)6(12)8(14)10(11)16/h2-5H2,1H3. The van der Waals surface area contributed by atoms with Crippen LogP contribution < -0.4 is 0 Å². The first kappa shape index (κ1) is 16.2. The number of rotatable bonds is 7. The number of hydrogen-bond acceptors (Lipinski definition) is 3. The van der Waals surface area contributed by atoms with Crippen molar-refractivity contribution >= 4 is 11.8 Å². The van der Waals surface area contributed by atoms with Gasteiger partial charge in [-0.1, -0.05) is 0 Å². The van der Waals surface area contributed by atoms with Crippen molar-refractivity contribution in [1.82, 2.24) is 0 Å². The fourth-order valence-electron chi connectivity index (χ4n) is 1.16. The van der Waals surface area contributed by atoms with Crippen LogP contribution in [0.5, 0.6) is 0 Å². The van der Waals surface area contributed by atoms with Crippen molar-refractivity contribution in [2.75, 3.05) is 32.7 Å². The van der Waals surface area contributed by atoms with Crippen molar-refractivity contribution in [3.8, 4) is 0 Å². The molecule has 0 unspecified atom stereocenters. The van der Waals surface area contributed by atoms with Crippen LogP contribution in [0.3, 0.4) is 0 Å². The Labute approximate surface area is 110 Å². The lowest BCUT2D eigenvalue weighted by Gasteiger charge is -2.08. The van der Waals surface area contributed by atoms with Crippen molar-refractivity contribution < 1.29 is 31.4 Å². The summed E-state index contributed by atoms with van der Waals surface area (Å²) in [5, 5.41) is 0. The van der Waals surface area contributed by atoms with Crippen molar-refractivity contribution in [3.63, 3.8) is 0 Å². The molecule has 0 aliphatic rings. The number of ether oxygens (including phenoxy) is 2. The lowest BCUT2D eigenvalue weighted by molar-refractivity contribution is 0.0790. The molecule has 0 saturated carbocycles. The average molecular weight is 302 g/mol. The SMILES string of the molecule is COCCOCCSc1c(F)c(F)c(F)c(F)c1F. The maximum Gasteiger partial charge on any atom is 0.200 e. The summed E-state index contributed by atoms with van der Waals surface area (Å²) in [5.74, 6) is -9.63. The fourth-order valence-corrected chi connectivity index (χ4v) is 2.00. The summed E-state index contributed by atoms with van der Waals surface area (Å²) in [7, 11) is 1.48. The monoisotopic (exact) mass is 302 g/mol. The van der Waals surface area contributed by atoms with E-state index in [9.17, 15) is 22.0 Å². The molecule has 0 atom stereocenters. The molecule has 0 saturated heterocycles. The van der Waals surface area contributed by atoms with E-state index in [0.29, 0.717) is 18.4 Å². The second-order valence-electron chi connectivity index (χ2n) is 3.35. The van der Waals surface area contributed by atoms with Crippen molar-refractivity contribution in [2.45, 2.75) is 4.90 Å². The molecule has 0 radical (unpaired) electrons. The van der Waals surface area contributed by atoms with Crippen LogP contribution in [0.4, 0.5) is 22.0 Å². The van der Waals surface area contributed by atoms with Gasteiger partial charge in [-0.05, 0) is 0 Å². The van der Waals surface area contributed by atoms with Crippen molar-refractivity contribution in [3.05, 3.63) is 29.1 Å². The Kier molecular flexibility index (Phi) is 6.53. The van der Waals surface area contributed by atoms with Gasteiger partial charge in [-0.2, -0.15) is 0 Å². The molecule has 0 aliphatic heterocycles. The minimum Gasteiger partial charge on any atom is -0.382 e. The minimum atomic E-state index is -2.16. The van der Waals surface area contributed by atoms with Crippen molar-refractivity contribution in [1.29, 1.82) is 0 Å². The highest BCUT2D eigenvalue weighted by molar-refractivity contribution is 7.99. The Bertz CT molecular complexity index is 413. The molecule has 0 aromatic heterocycles. The number of thioether (sulfide) groups is 1. The maximum atomic E-state index is 13.2. The molecule has 0 heterocycles. The normalized spacial score (nSPS) is 11.1. The first-order valence-corrected chi connectivity index (χ1v) is 6.20. The molecule has 0 N–H and O–H groups in total. The summed E-state index contributed by atoms with van der Waals surface area (Å²) in [6.45, 7) is 0.745. The zero-order valence-electron chi connectivity index (χ0n) is 9.94. The summed E-state index contributed by atoms with van der Waals surface area (Å²) in [4.78, 5) is -0.897. The topological polar surface area (TPSA) is 18.5 Å². The molecule has 0 spiro atoms. The smallest absolute Gasteiger partial charge is 0.200 e. The van der Waals surface area contributed by atoms with E-state index in [1.54, 1.807) is 0 Å². The van der Waals surface area contributed by atoms with Crippen LogP contribution in [-0.2, 0) is 9.47 Å². The van der Waals surface area contributed by atoms with Crippen LogP contribution in [0.1, 0.15) is 0 Å². The highest BCUT2D eigenvalue weighted by Gasteiger charge is 2.25. The first-order valence-electron chi connectivity index (χ1n) is 5.21. The molecule has 0 amide bonds. The van der Waals surface area contributed by atoms with E-state index < -0.39 is 34.0 Å². The Morgan fingerprint density at radius 3 is 1.84 bits per heavy atom. The van der Waals surface area contributed by atoms with Gasteiger partial charge in [-0.25, -0.2) is 22.0 Å². The zero-order chi connectivity index (χ0) is 14.4. The van der Waals surface area contributed by atoms with E-state index in [0.717, 1.165) is 0 Å². The lowest BCUT2D eigenvalue weighted by Crippen LogP contribution is -2.06. The Morgan fingerprint density at radius 2 is 1.32 bits per heavy atom. The summed E-state index contributed by atoms with van der Waals surface area (Å²) < 4.78 is 74.6. The average Bonchev–Trinajstić information content (AvgIpc) is 2.41. The molecular weight excluding hydrogens is 291 g/mol. The highest BCUT2D eigenvalue weighted by atomic mass is 32.2. The van der Waals surface area contributed by atoms with Crippen LogP contribution in [0.25, 0.3) is 0 Å². The van der Waals surface area contributed by atoms with Crippen molar-refractivity contribution in [2.24, 2.45) is 0 Å². The molecule has 0 bridgehead atoms. The molecule has 1 aromatic rings. The largest absolute Gasteiger partial charge is 0.382 e. The lowest BCUT2D eigenvalue weighted by atomic mass is 10.3. The molecule has 19 heavy (non-hydrogen) atoms. The third kappa shape index (κ3) is 4.05. The maximum absolute atomic E-state index is 13.2. The van der Waals surface area contributed by atoms with Gasteiger partial charge in [0.05, 0.1) is 24.7 Å². The predicted molar refractivity (Wildman–Crippen MR) is 59.7 cm³/mol. The van der Waals surface area contributed by atoms with Crippen LogP contribution in [0.2, 0.25) is 0 Å². The molecule has 1 aromatic carbocycles. The fraction of sp³-hybridized carbons (Fsp3) is 0.455. The van der Waals surface area contributed by atoms with Crippen LogP contribution >= 0.6 is 11.8 Å². The van der Waals surface area contributed by atoms with E-state index >= 15 is 0 Å². The second kappa shape index (κ2) is 7.66. The molecule has 0 fully saturated rings. The third-order valence-corrected chi connectivity index (χ3v) is 3.09. The summed E-state index contributed by atoms with van der Waals surface area (Å²) in [6.07, 6.45) is 0. The van der Waals surface area contributed by atoms with E-state index in [1.165, 1.54) is 7.11 Å². The molecule has 0 aliphatic carbocycles. The molecule has 1 rings (SSSR count). The summed E-state index contributed by atoms with van der Waals surface area (Å²) in [6, 6.07) is 0. The van der Waals surface area contributed by atoms with Gasteiger partial charge in [0.1, 0.15) is 0 Å². The first-order chi connectivity index (χ1) is 9.00. The van der Waals surface area contributed by atoms with Gasteiger partial charge < -0.3 is 9.47 Å². The van der Waals surface area contributed by atoms with Gasteiger partial charge in [0.25, 0.3) is 0 Å². The zero-order valence-corrected chi connectivity index (χ0v) is 10.8. The second-order valence-corrected chi connectivity index (χ2v) is 4.46. The number of benzene rings is 1. The highest BCUT2D eigenvalue weighted by Crippen LogP contribution is 2.30. The van der Waals surface area contributed by atoms with Gasteiger partial charge in [0, 0.05) is 12.9 Å². The van der Waals surface area contributed by atoms with Gasteiger partial charge >= 0.3 is 0 Å². The quantitative estimate of drug-likeness (QED) is 0.253. The summed E-state index contributed by atoms with van der Waals surface area (Å²) >= 11 is 0.506. The van der Waals surface area contributed by atoms with Gasteiger partial charge in [-0.15, -0.1) is 11.8 Å². The molecular formula is C11H11F5O2S. The Morgan fingerprint density at radius 1 is 0.789 bits per heavy atom. The number of halogens is 5. The van der Waals surface area contributed by atoms with Crippen LogP contribution in [0.15, 0.2) is 4.90 Å².